The molecule has 1 unspecified atom stereocenters. The summed E-state index contributed by atoms with van der Waals surface area (Å²) in [6.45, 7) is 0. The van der Waals surface area contributed by atoms with Crippen LogP contribution in [0.25, 0.3) is 10.8 Å². The van der Waals surface area contributed by atoms with Gasteiger partial charge in [-0.2, -0.15) is 0 Å². The lowest BCUT2D eigenvalue weighted by Crippen LogP contribution is -2.06. The highest BCUT2D eigenvalue weighted by Crippen LogP contribution is 2.34. The Kier molecular flexibility index (Phi) is 0.969. The minimum atomic E-state index is 0.110. The molecule has 0 saturated carbocycles. The van der Waals surface area contributed by atoms with Crippen LogP contribution in [0, 0.1) is 0 Å². The molecule has 2 aromatic carbocycles. The molecule has 1 nitrogen and oxygen atoms in total. The molecule has 0 saturated heterocycles. The molecule has 2 N–H and O–H groups in total. The molecule has 0 heterocycles. The number of rotatable bonds is 0. The smallest absolute Gasteiger partial charge is 0.0558 e. The van der Waals surface area contributed by atoms with Crippen LogP contribution < -0.4 is 5.73 Å². The molecular weight excluding hydrogens is 146 g/mol. The third-order valence-electron chi connectivity index (χ3n) is 2.63. The molecular formula is C11H9N. The average molecular weight is 155 g/mol. The monoisotopic (exact) mass is 155 g/mol. The van der Waals surface area contributed by atoms with E-state index in [2.05, 4.69) is 36.4 Å². The summed E-state index contributed by atoms with van der Waals surface area (Å²) < 4.78 is 0. The molecule has 0 amide bonds. The fraction of sp³-hybridized carbons (Fsp3) is 0.0909. The van der Waals surface area contributed by atoms with Gasteiger partial charge in [0.25, 0.3) is 0 Å². The van der Waals surface area contributed by atoms with Crippen molar-refractivity contribution in [3.8, 4) is 0 Å². The number of benzene rings is 2. The SMILES string of the molecule is NC1c2ccc3cccc1c3c2. The Hall–Kier alpha value is -1.34. The molecule has 2 bridgehead atoms. The molecule has 0 spiro atoms. The van der Waals surface area contributed by atoms with E-state index in [1.54, 1.807) is 0 Å². The van der Waals surface area contributed by atoms with Crippen molar-refractivity contribution in [2.24, 2.45) is 5.73 Å². The number of fused-ring (bicyclic) bond motifs is 1. The van der Waals surface area contributed by atoms with E-state index in [4.69, 9.17) is 5.73 Å². The standard InChI is InChI=1S/C11H9N/c12-11-8-5-4-7-2-1-3-9(11)10(7)6-8/h1-6,11H,12H2. The third-order valence-corrected chi connectivity index (χ3v) is 2.63. The van der Waals surface area contributed by atoms with Crippen molar-refractivity contribution in [1.82, 2.24) is 0 Å². The van der Waals surface area contributed by atoms with E-state index >= 15 is 0 Å². The first kappa shape index (κ1) is 6.21. The highest BCUT2D eigenvalue weighted by molar-refractivity contribution is 5.90. The van der Waals surface area contributed by atoms with Gasteiger partial charge in [0.1, 0.15) is 0 Å². The second-order valence-corrected chi connectivity index (χ2v) is 3.31. The first-order valence-corrected chi connectivity index (χ1v) is 4.14. The molecule has 1 heteroatoms. The van der Waals surface area contributed by atoms with E-state index in [1.165, 1.54) is 21.9 Å². The second-order valence-electron chi connectivity index (χ2n) is 3.31. The Morgan fingerprint density at radius 1 is 1.08 bits per heavy atom. The summed E-state index contributed by atoms with van der Waals surface area (Å²) in [6.07, 6.45) is 0. The van der Waals surface area contributed by atoms with Gasteiger partial charge in [-0.05, 0) is 28.0 Å². The van der Waals surface area contributed by atoms with Crippen molar-refractivity contribution in [3.05, 3.63) is 47.5 Å². The van der Waals surface area contributed by atoms with E-state index < -0.39 is 0 Å². The summed E-state index contributed by atoms with van der Waals surface area (Å²) >= 11 is 0. The van der Waals surface area contributed by atoms with E-state index in [0.717, 1.165) is 0 Å². The van der Waals surface area contributed by atoms with Crippen LogP contribution in [0.15, 0.2) is 36.4 Å². The maximum Gasteiger partial charge on any atom is 0.0558 e. The fourth-order valence-corrected chi connectivity index (χ4v) is 1.96. The molecule has 1 atom stereocenters. The predicted molar refractivity (Wildman–Crippen MR) is 50.0 cm³/mol. The van der Waals surface area contributed by atoms with Gasteiger partial charge in [0.15, 0.2) is 0 Å². The van der Waals surface area contributed by atoms with E-state index in [9.17, 15) is 0 Å². The van der Waals surface area contributed by atoms with Crippen LogP contribution in [0.4, 0.5) is 0 Å². The quantitative estimate of drug-likeness (QED) is 0.620. The molecule has 0 aromatic heterocycles. The van der Waals surface area contributed by atoms with Crippen LogP contribution in [0.5, 0.6) is 0 Å². The summed E-state index contributed by atoms with van der Waals surface area (Å²) in [5.74, 6) is 0. The van der Waals surface area contributed by atoms with Gasteiger partial charge >= 0.3 is 0 Å². The lowest BCUT2D eigenvalue weighted by atomic mass is 10.1. The minimum Gasteiger partial charge on any atom is -0.320 e. The molecule has 0 aliphatic heterocycles. The van der Waals surface area contributed by atoms with E-state index in [1.807, 2.05) is 0 Å². The third kappa shape index (κ3) is 0.578. The molecule has 58 valence electrons. The summed E-state index contributed by atoms with van der Waals surface area (Å²) in [6, 6.07) is 12.9. The largest absolute Gasteiger partial charge is 0.320 e. The van der Waals surface area contributed by atoms with Crippen molar-refractivity contribution in [1.29, 1.82) is 0 Å². The van der Waals surface area contributed by atoms with Crippen molar-refractivity contribution >= 4 is 10.8 Å². The Morgan fingerprint density at radius 2 is 2.00 bits per heavy atom. The lowest BCUT2D eigenvalue weighted by Gasteiger charge is -2.03. The zero-order valence-corrected chi connectivity index (χ0v) is 6.62. The molecule has 1 aliphatic carbocycles. The summed E-state index contributed by atoms with van der Waals surface area (Å²) in [4.78, 5) is 0. The van der Waals surface area contributed by atoms with Gasteiger partial charge in [-0.1, -0.05) is 30.3 Å². The van der Waals surface area contributed by atoms with Crippen LogP contribution in [0.3, 0.4) is 0 Å². The Balaban J connectivity index is 2.56. The van der Waals surface area contributed by atoms with Crippen LogP contribution in [0.1, 0.15) is 17.2 Å². The Bertz CT molecular complexity index is 460. The van der Waals surface area contributed by atoms with Gasteiger partial charge in [0.05, 0.1) is 6.04 Å². The zero-order chi connectivity index (χ0) is 8.13. The van der Waals surface area contributed by atoms with Gasteiger partial charge in [0.2, 0.25) is 0 Å². The van der Waals surface area contributed by atoms with Gasteiger partial charge in [-0.25, -0.2) is 0 Å². The summed E-state index contributed by atoms with van der Waals surface area (Å²) in [7, 11) is 0. The van der Waals surface area contributed by atoms with Gasteiger partial charge in [0, 0.05) is 0 Å². The highest BCUT2D eigenvalue weighted by Gasteiger charge is 2.18. The van der Waals surface area contributed by atoms with Crippen molar-refractivity contribution in [2.75, 3.05) is 0 Å². The number of hydrogen-bond acceptors (Lipinski definition) is 1. The van der Waals surface area contributed by atoms with Crippen molar-refractivity contribution in [3.63, 3.8) is 0 Å². The molecule has 12 heavy (non-hydrogen) atoms. The predicted octanol–water partition coefficient (Wildman–Crippen LogP) is 2.20. The topological polar surface area (TPSA) is 26.0 Å². The average Bonchev–Trinajstić information content (AvgIpc) is 2.42. The minimum absolute atomic E-state index is 0.110. The summed E-state index contributed by atoms with van der Waals surface area (Å²) in [5, 5.41) is 2.62. The van der Waals surface area contributed by atoms with Crippen LogP contribution in [0.2, 0.25) is 0 Å². The van der Waals surface area contributed by atoms with Crippen molar-refractivity contribution < 1.29 is 0 Å². The highest BCUT2D eigenvalue weighted by atomic mass is 14.6. The molecule has 1 aliphatic rings. The second kappa shape index (κ2) is 1.87. The maximum absolute atomic E-state index is 6.01. The van der Waals surface area contributed by atoms with Gasteiger partial charge < -0.3 is 5.73 Å². The van der Waals surface area contributed by atoms with Crippen molar-refractivity contribution in [2.45, 2.75) is 6.04 Å². The van der Waals surface area contributed by atoms with E-state index in [0.29, 0.717) is 0 Å². The van der Waals surface area contributed by atoms with Gasteiger partial charge in [-0.15, -0.1) is 0 Å². The molecule has 2 aromatic rings. The fourth-order valence-electron chi connectivity index (χ4n) is 1.96. The first-order chi connectivity index (χ1) is 5.86. The van der Waals surface area contributed by atoms with Crippen LogP contribution in [-0.4, -0.2) is 0 Å². The molecule has 0 radical (unpaired) electrons. The molecule has 0 fully saturated rings. The van der Waals surface area contributed by atoms with Gasteiger partial charge in [-0.3, -0.25) is 0 Å². The van der Waals surface area contributed by atoms with E-state index in [-0.39, 0.29) is 6.04 Å². The first-order valence-electron chi connectivity index (χ1n) is 4.14. The number of hydrogen-bond donors (Lipinski definition) is 1. The van der Waals surface area contributed by atoms with Crippen LogP contribution >= 0.6 is 0 Å². The maximum atomic E-state index is 6.01. The Morgan fingerprint density at radius 3 is 2.92 bits per heavy atom. The lowest BCUT2D eigenvalue weighted by molar-refractivity contribution is 0.902. The molecule has 3 rings (SSSR count). The Labute approximate surface area is 70.8 Å². The zero-order valence-electron chi connectivity index (χ0n) is 6.62. The summed E-state index contributed by atoms with van der Waals surface area (Å²) in [5.41, 5.74) is 8.53. The van der Waals surface area contributed by atoms with Crippen LogP contribution in [-0.2, 0) is 0 Å². The normalized spacial score (nSPS) is 19.2. The number of nitrogens with two attached hydrogens (primary N) is 1.